The molecule has 0 aliphatic rings. The maximum Gasteiger partial charge on any atom is 0.251 e. The number of amides is 1. The highest BCUT2D eigenvalue weighted by Crippen LogP contribution is 1.97. The van der Waals surface area contributed by atoms with Crippen LogP contribution in [0.25, 0.3) is 0 Å². The summed E-state index contributed by atoms with van der Waals surface area (Å²) < 4.78 is 0. The van der Waals surface area contributed by atoms with Crippen LogP contribution in [0, 0.1) is 0 Å². The molecule has 1 rings (SSSR count). The number of nitrogens with one attached hydrogen (secondary N) is 2. The van der Waals surface area contributed by atoms with Crippen molar-refractivity contribution in [3.63, 3.8) is 0 Å². The molecule has 0 aromatic heterocycles. The van der Waals surface area contributed by atoms with Crippen molar-refractivity contribution in [2.45, 2.75) is 19.9 Å². The molecular weight excluding hydrogens is 224 g/mol. The molecule has 0 heterocycles. The van der Waals surface area contributed by atoms with E-state index < -0.39 is 0 Å². The third-order valence-corrected chi connectivity index (χ3v) is 2.16. The van der Waals surface area contributed by atoms with Gasteiger partial charge in [-0.25, -0.2) is 0 Å². The van der Waals surface area contributed by atoms with Crippen molar-refractivity contribution in [1.82, 2.24) is 10.6 Å². The Balaban J connectivity index is 0.00000225. The van der Waals surface area contributed by atoms with E-state index in [0.717, 1.165) is 6.54 Å². The second-order valence-electron chi connectivity index (χ2n) is 3.53. The van der Waals surface area contributed by atoms with Gasteiger partial charge in [-0.15, -0.1) is 12.4 Å². The summed E-state index contributed by atoms with van der Waals surface area (Å²) in [6, 6.07) is 9.56. The summed E-state index contributed by atoms with van der Waals surface area (Å²) in [5, 5.41) is 6.12. The van der Waals surface area contributed by atoms with Crippen LogP contribution in [0.3, 0.4) is 0 Å². The summed E-state index contributed by atoms with van der Waals surface area (Å²) in [6.07, 6.45) is 0. The standard InChI is InChI=1S/C12H18N2O.ClH/c1-3-13-10(2)9-14-12(15)11-7-5-4-6-8-11;/h4-8,10,13H,3,9H2,1-2H3,(H,14,15);1H. The molecule has 4 heteroatoms. The Labute approximate surface area is 103 Å². The molecular formula is C12H19ClN2O. The fourth-order valence-corrected chi connectivity index (χ4v) is 1.36. The predicted octanol–water partition coefficient (Wildman–Crippen LogP) is 1.84. The fraction of sp³-hybridized carbons (Fsp3) is 0.417. The number of hydrogen-bond donors (Lipinski definition) is 2. The van der Waals surface area contributed by atoms with E-state index in [0.29, 0.717) is 18.2 Å². The molecule has 0 bridgehead atoms. The highest BCUT2D eigenvalue weighted by atomic mass is 35.5. The third kappa shape index (κ3) is 5.14. The van der Waals surface area contributed by atoms with Crippen LogP contribution < -0.4 is 10.6 Å². The lowest BCUT2D eigenvalue weighted by Crippen LogP contribution is -2.38. The van der Waals surface area contributed by atoms with Gasteiger partial charge in [-0.05, 0) is 25.6 Å². The SMILES string of the molecule is CCNC(C)CNC(=O)c1ccccc1.Cl. The van der Waals surface area contributed by atoms with Gasteiger partial charge in [0.05, 0.1) is 0 Å². The zero-order valence-corrected chi connectivity index (χ0v) is 10.5. The molecule has 0 saturated heterocycles. The van der Waals surface area contributed by atoms with E-state index in [1.165, 1.54) is 0 Å². The van der Waals surface area contributed by atoms with Gasteiger partial charge in [0.1, 0.15) is 0 Å². The molecule has 1 aromatic rings. The third-order valence-electron chi connectivity index (χ3n) is 2.16. The van der Waals surface area contributed by atoms with Crippen molar-refractivity contribution in [2.24, 2.45) is 0 Å². The first kappa shape index (κ1) is 14.9. The van der Waals surface area contributed by atoms with E-state index >= 15 is 0 Å². The number of rotatable bonds is 5. The normalized spacial score (nSPS) is 11.4. The largest absolute Gasteiger partial charge is 0.350 e. The number of carbonyl (C=O) groups excluding carboxylic acids is 1. The molecule has 0 aliphatic carbocycles. The molecule has 0 saturated carbocycles. The molecule has 1 unspecified atom stereocenters. The maximum absolute atomic E-state index is 11.6. The first-order valence-electron chi connectivity index (χ1n) is 5.30. The smallest absolute Gasteiger partial charge is 0.251 e. The van der Waals surface area contributed by atoms with Crippen molar-refractivity contribution in [3.05, 3.63) is 35.9 Å². The lowest BCUT2D eigenvalue weighted by molar-refractivity contribution is 0.0950. The summed E-state index contributed by atoms with van der Waals surface area (Å²) in [5.74, 6) is -0.0136. The van der Waals surface area contributed by atoms with E-state index in [9.17, 15) is 4.79 Å². The number of benzene rings is 1. The number of carbonyl (C=O) groups is 1. The van der Waals surface area contributed by atoms with E-state index in [4.69, 9.17) is 0 Å². The zero-order valence-electron chi connectivity index (χ0n) is 9.69. The molecule has 3 nitrogen and oxygen atoms in total. The second-order valence-corrected chi connectivity index (χ2v) is 3.53. The molecule has 0 fully saturated rings. The first-order chi connectivity index (χ1) is 7.24. The van der Waals surface area contributed by atoms with Crippen LogP contribution in [-0.4, -0.2) is 25.0 Å². The molecule has 1 amide bonds. The number of halogens is 1. The zero-order chi connectivity index (χ0) is 11.1. The number of hydrogen-bond acceptors (Lipinski definition) is 2. The summed E-state index contributed by atoms with van der Waals surface area (Å²) >= 11 is 0. The van der Waals surface area contributed by atoms with E-state index in [2.05, 4.69) is 24.5 Å². The Hall–Kier alpha value is -1.06. The van der Waals surface area contributed by atoms with E-state index in [-0.39, 0.29) is 18.3 Å². The highest BCUT2D eigenvalue weighted by Gasteiger charge is 2.05. The summed E-state index contributed by atoms with van der Waals surface area (Å²) in [6.45, 7) is 5.67. The first-order valence-corrected chi connectivity index (χ1v) is 5.30. The van der Waals surface area contributed by atoms with Gasteiger partial charge in [0.15, 0.2) is 0 Å². The van der Waals surface area contributed by atoms with Gasteiger partial charge in [-0.3, -0.25) is 4.79 Å². The second kappa shape index (κ2) is 8.13. The Bertz CT molecular complexity index is 303. The maximum atomic E-state index is 11.6. The van der Waals surface area contributed by atoms with Crippen LogP contribution in [0.4, 0.5) is 0 Å². The monoisotopic (exact) mass is 242 g/mol. The minimum atomic E-state index is -0.0136. The minimum Gasteiger partial charge on any atom is -0.350 e. The topological polar surface area (TPSA) is 41.1 Å². The van der Waals surface area contributed by atoms with Gasteiger partial charge in [-0.2, -0.15) is 0 Å². The lowest BCUT2D eigenvalue weighted by Gasteiger charge is -2.13. The van der Waals surface area contributed by atoms with Gasteiger partial charge < -0.3 is 10.6 Å². The molecule has 1 atom stereocenters. The van der Waals surface area contributed by atoms with Crippen LogP contribution in [0.5, 0.6) is 0 Å². The molecule has 0 spiro atoms. The van der Waals surface area contributed by atoms with Crippen LogP contribution in [0.2, 0.25) is 0 Å². The Morgan fingerprint density at radius 1 is 1.31 bits per heavy atom. The van der Waals surface area contributed by atoms with E-state index in [1.54, 1.807) is 0 Å². The Kier molecular flexibility index (Phi) is 7.60. The van der Waals surface area contributed by atoms with Gasteiger partial charge in [0.2, 0.25) is 0 Å². The van der Waals surface area contributed by atoms with Crippen LogP contribution in [0.1, 0.15) is 24.2 Å². The van der Waals surface area contributed by atoms with Gasteiger partial charge in [0.25, 0.3) is 5.91 Å². The average Bonchev–Trinajstić information content (AvgIpc) is 2.27. The molecule has 0 aliphatic heterocycles. The molecule has 2 N–H and O–H groups in total. The lowest BCUT2D eigenvalue weighted by atomic mass is 10.2. The molecule has 1 aromatic carbocycles. The predicted molar refractivity (Wildman–Crippen MR) is 69.2 cm³/mol. The van der Waals surface area contributed by atoms with Crippen molar-refractivity contribution in [1.29, 1.82) is 0 Å². The van der Waals surface area contributed by atoms with Crippen molar-refractivity contribution in [3.8, 4) is 0 Å². The summed E-state index contributed by atoms with van der Waals surface area (Å²) in [7, 11) is 0. The Morgan fingerprint density at radius 2 is 1.94 bits per heavy atom. The minimum absolute atomic E-state index is 0. The van der Waals surface area contributed by atoms with Crippen molar-refractivity contribution >= 4 is 18.3 Å². The van der Waals surface area contributed by atoms with Crippen molar-refractivity contribution in [2.75, 3.05) is 13.1 Å². The van der Waals surface area contributed by atoms with Gasteiger partial charge in [-0.1, -0.05) is 25.1 Å². The fourth-order valence-electron chi connectivity index (χ4n) is 1.36. The summed E-state index contributed by atoms with van der Waals surface area (Å²) in [4.78, 5) is 11.6. The molecule has 0 radical (unpaired) electrons. The van der Waals surface area contributed by atoms with Gasteiger partial charge >= 0.3 is 0 Å². The van der Waals surface area contributed by atoms with E-state index in [1.807, 2.05) is 30.3 Å². The van der Waals surface area contributed by atoms with Gasteiger partial charge in [0, 0.05) is 18.2 Å². The van der Waals surface area contributed by atoms with Crippen LogP contribution in [0.15, 0.2) is 30.3 Å². The Morgan fingerprint density at radius 3 is 2.50 bits per heavy atom. The summed E-state index contributed by atoms with van der Waals surface area (Å²) in [5.41, 5.74) is 0.709. The quantitative estimate of drug-likeness (QED) is 0.827. The average molecular weight is 243 g/mol. The highest BCUT2D eigenvalue weighted by molar-refractivity contribution is 5.94. The van der Waals surface area contributed by atoms with Crippen LogP contribution in [-0.2, 0) is 0 Å². The van der Waals surface area contributed by atoms with Crippen molar-refractivity contribution < 1.29 is 4.79 Å². The van der Waals surface area contributed by atoms with Crippen LogP contribution >= 0.6 is 12.4 Å². The molecule has 16 heavy (non-hydrogen) atoms. The number of likely N-dealkylation sites (N-methyl/N-ethyl adjacent to an activating group) is 1. The molecule has 90 valence electrons.